The summed E-state index contributed by atoms with van der Waals surface area (Å²) in [5, 5.41) is 3.66. The second-order valence-electron chi connectivity index (χ2n) is 7.58. The third-order valence-corrected chi connectivity index (χ3v) is 5.99. The molecule has 1 fully saturated rings. The fourth-order valence-corrected chi connectivity index (χ4v) is 4.25. The molecule has 4 rings (SSSR count). The van der Waals surface area contributed by atoms with Crippen LogP contribution >= 0.6 is 11.5 Å². The number of benzene rings is 2. The summed E-state index contributed by atoms with van der Waals surface area (Å²) in [5.74, 6) is 0.446. The summed E-state index contributed by atoms with van der Waals surface area (Å²) < 4.78 is 17.9. The smallest absolute Gasteiger partial charge is 0.322 e. The molecule has 8 heteroatoms. The van der Waals surface area contributed by atoms with Crippen LogP contribution in [0.4, 0.5) is 20.0 Å². The number of halogens is 1. The van der Waals surface area contributed by atoms with E-state index >= 15 is 0 Å². The molecule has 0 spiro atoms. The van der Waals surface area contributed by atoms with E-state index in [-0.39, 0.29) is 17.9 Å². The van der Waals surface area contributed by atoms with Crippen LogP contribution in [-0.4, -0.2) is 46.0 Å². The minimum Gasteiger partial charge on any atom is -0.343 e. The van der Waals surface area contributed by atoms with E-state index in [1.165, 1.54) is 34.8 Å². The Morgan fingerprint density at radius 3 is 2.77 bits per heavy atom. The number of amides is 2. The number of aromatic nitrogens is 2. The molecule has 0 radical (unpaired) electrons. The Kier molecular flexibility index (Phi) is 5.94. The largest absolute Gasteiger partial charge is 0.343 e. The van der Waals surface area contributed by atoms with Gasteiger partial charge in [0.25, 0.3) is 0 Å². The van der Waals surface area contributed by atoms with Crippen molar-refractivity contribution in [2.24, 2.45) is 0 Å². The number of anilines is 2. The van der Waals surface area contributed by atoms with E-state index in [1.54, 1.807) is 17.0 Å². The quantitative estimate of drug-likeness (QED) is 0.676. The van der Waals surface area contributed by atoms with Gasteiger partial charge >= 0.3 is 6.03 Å². The summed E-state index contributed by atoms with van der Waals surface area (Å²) in [4.78, 5) is 21.3. The van der Waals surface area contributed by atoms with Crippen LogP contribution in [0.15, 0.2) is 48.5 Å². The van der Waals surface area contributed by atoms with Gasteiger partial charge in [-0.2, -0.15) is 4.37 Å². The number of nitrogens with zero attached hydrogens (tertiary/aromatic N) is 4. The monoisotopic (exact) mass is 425 g/mol. The zero-order valence-corrected chi connectivity index (χ0v) is 17.8. The number of rotatable bonds is 4. The number of hydrogen-bond donors (Lipinski definition) is 1. The molecule has 1 aliphatic heterocycles. The van der Waals surface area contributed by atoms with Gasteiger partial charge in [-0.25, -0.2) is 14.2 Å². The van der Waals surface area contributed by atoms with Gasteiger partial charge in [0.1, 0.15) is 11.6 Å². The molecule has 0 saturated carbocycles. The summed E-state index contributed by atoms with van der Waals surface area (Å²) in [6, 6.07) is 14.1. The van der Waals surface area contributed by atoms with Gasteiger partial charge in [0.2, 0.25) is 5.13 Å². The van der Waals surface area contributed by atoms with E-state index in [2.05, 4.69) is 45.8 Å². The second-order valence-corrected chi connectivity index (χ2v) is 8.31. The average Bonchev–Trinajstić information content (AvgIpc) is 3.18. The lowest BCUT2D eigenvalue weighted by Crippen LogP contribution is -2.55. The predicted molar refractivity (Wildman–Crippen MR) is 118 cm³/mol. The van der Waals surface area contributed by atoms with Crippen molar-refractivity contribution >= 4 is 28.4 Å². The van der Waals surface area contributed by atoms with Gasteiger partial charge in [0.15, 0.2) is 0 Å². The molecule has 1 N–H and O–H groups in total. The average molecular weight is 426 g/mol. The zero-order chi connectivity index (χ0) is 21.1. The van der Waals surface area contributed by atoms with Gasteiger partial charge in [-0.05, 0) is 37.6 Å². The molecule has 1 atom stereocenters. The highest BCUT2D eigenvalue weighted by atomic mass is 32.1. The van der Waals surface area contributed by atoms with Crippen molar-refractivity contribution in [3.05, 3.63) is 71.3 Å². The number of piperazine rings is 1. The van der Waals surface area contributed by atoms with Gasteiger partial charge in [0, 0.05) is 49.3 Å². The van der Waals surface area contributed by atoms with E-state index in [0.29, 0.717) is 31.7 Å². The van der Waals surface area contributed by atoms with Crippen molar-refractivity contribution in [3.63, 3.8) is 0 Å². The maximum Gasteiger partial charge on any atom is 0.322 e. The summed E-state index contributed by atoms with van der Waals surface area (Å²) in [5.41, 5.74) is 2.88. The van der Waals surface area contributed by atoms with Crippen molar-refractivity contribution in [3.8, 4) is 0 Å². The van der Waals surface area contributed by atoms with E-state index < -0.39 is 0 Å². The molecule has 30 heavy (non-hydrogen) atoms. The molecule has 0 aliphatic carbocycles. The first-order chi connectivity index (χ1) is 14.5. The molecule has 2 heterocycles. The van der Waals surface area contributed by atoms with Crippen LogP contribution in [0.25, 0.3) is 0 Å². The topological polar surface area (TPSA) is 61.4 Å². The lowest BCUT2D eigenvalue weighted by molar-refractivity contribution is 0.185. The van der Waals surface area contributed by atoms with Crippen LogP contribution in [0.2, 0.25) is 0 Å². The van der Waals surface area contributed by atoms with Gasteiger partial charge in [-0.3, -0.25) is 0 Å². The highest BCUT2D eigenvalue weighted by Gasteiger charge is 2.29. The number of carbonyl (C=O) groups excluding carboxylic acids is 1. The maximum absolute atomic E-state index is 13.3. The molecule has 6 nitrogen and oxygen atoms in total. The van der Waals surface area contributed by atoms with Gasteiger partial charge in [-0.1, -0.05) is 35.9 Å². The lowest BCUT2D eigenvalue weighted by atomic mass is 10.1. The standard InChI is InChI=1S/C22H24FN5OS/c1-15-6-8-17(9-7-15)12-20-25-22(30-26-20)27-10-11-28(16(2)14-27)21(29)24-19-5-3-4-18(23)13-19/h3-9,13,16H,10-12,14H2,1-2H3,(H,24,29). The Labute approximate surface area is 179 Å². The Balaban J connectivity index is 1.35. The van der Waals surface area contributed by atoms with Crippen molar-refractivity contribution in [2.75, 3.05) is 29.9 Å². The van der Waals surface area contributed by atoms with E-state index in [0.717, 1.165) is 11.0 Å². The number of hydrogen-bond acceptors (Lipinski definition) is 5. The maximum atomic E-state index is 13.3. The van der Waals surface area contributed by atoms with Crippen LogP contribution in [-0.2, 0) is 6.42 Å². The fourth-order valence-electron chi connectivity index (χ4n) is 3.53. The summed E-state index contributed by atoms with van der Waals surface area (Å²) in [7, 11) is 0. The Morgan fingerprint density at radius 2 is 2.03 bits per heavy atom. The molecule has 1 aromatic heterocycles. The molecule has 156 valence electrons. The van der Waals surface area contributed by atoms with Crippen molar-refractivity contribution in [1.29, 1.82) is 0 Å². The molecule has 3 aromatic rings. The first-order valence-corrected chi connectivity index (χ1v) is 10.7. The third-order valence-electron chi connectivity index (χ3n) is 5.17. The SMILES string of the molecule is Cc1ccc(Cc2nsc(N3CCN(C(=O)Nc4cccc(F)c4)C(C)C3)n2)cc1. The third kappa shape index (κ3) is 4.76. The Hall–Kier alpha value is -3.00. The summed E-state index contributed by atoms with van der Waals surface area (Å²) >= 11 is 1.40. The molecule has 2 amide bonds. The van der Waals surface area contributed by atoms with Crippen LogP contribution in [0.5, 0.6) is 0 Å². The van der Waals surface area contributed by atoms with Gasteiger partial charge in [-0.15, -0.1) is 0 Å². The molecular weight excluding hydrogens is 401 g/mol. The molecule has 2 aromatic carbocycles. The Morgan fingerprint density at radius 1 is 1.23 bits per heavy atom. The van der Waals surface area contributed by atoms with Crippen LogP contribution in [0.3, 0.4) is 0 Å². The van der Waals surface area contributed by atoms with Crippen molar-refractivity contribution in [1.82, 2.24) is 14.3 Å². The number of nitrogens with one attached hydrogen (secondary N) is 1. The van der Waals surface area contributed by atoms with Gasteiger partial charge in [0.05, 0.1) is 0 Å². The fraction of sp³-hybridized carbons (Fsp3) is 0.318. The predicted octanol–water partition coefficient (Wildman–Crippen LogP) is 4.32. The lowest BCUT2D eigenvalue weighted by Gasteiger charge is -2.39. The first kappa shape index (κ1) is 20.3. The minimum absolute atomic E-state index is 0.00300. The summed E-state index contributed by atoms with van der Waals surface area (Å²) in [6.45, 7) is 6.00. The Bertz CT molecular complexity index is 1020. The minimum atomic E-state index is -0.372. The second kappa shape index (κ2) is 8.79. The van der Waals surface area contributed by atoms with E-state index in [4.69, 9.17) is 4.98 Å². The molecule has 1 aliphatic rings. The highest BCUT2D eigenvalue weighted by Crippen LogP contribution is 2.23. The van der Waals surface area contributed by atoms with Crippen LogP contribution in [0.1, 0.15) is 23.9 Å². The molecule has 0 bridgehead atoms. The molecule has 1 saturated heterocycles. The van der Waals surface area contributed by atoms with Crippen LogP contribution in [0, 0.1) is 12.7 Å². The van der Waals surface area contributed by atoms with E-state index in [1.807, 2.05) is 6.92 Å². The van der Waals surface area contributed by atoms with Crippen molar-refractivity contribution in [2.45, 2.75) is 26.3 Å². The van der Waals surface area contributed by atoms with Crippen LogP contribution < -0.4 is 10.2 Å². The van der Waals surface area contributed by atoms with Gasteiger partial charge < -0.3 is 15.1 Å². The molecule has 1 unspecified atom stereocenters. The van der Waals surface area contributed by atoms with E-state index in [9.17, 15) is 9.18 Å². The molecular formula is C22H24FN5OS. The summed E-state index contributed by atoms with van der Waals surface area (Å²) in [6.07, 6.45) is 0.711. The number of aryl methyl sites for hydroxylation is 1. The number of carbonyl (C=O) groups is 1. The first-order valence-electron chi connectivity index (χ1n) is 9.94. The highest BCUT2D eigenvalue weighted by molar-refractivity contribution is 7.09. The number of urea groups is 1. The van der Waals surface area contributed by atoms with Crippen molar-refractivity contribution < 1.29 is 9.18 Å². The normalized spacial score (nSPS) is 16.6. The zero-order valence-electron chi connectivity index (χ0n) is 17.0.